The van der Waals surface area contributed by atoms with Crippen LogP contribution in [0.3, 0.4) is 0 Å². The molecule has 28 heavy (non-hydrogen) atoms. The molecule has 0 saturated carbocycles. The molecule has 3 rings (SSSR count). The molecule has 0 bridgehead atoms. The summed E-state index contributed by atoms with van der Waals surface area (Å²) < 4.78 is 2.06. The topological polar surface area (TPSA) is 45.5 Å². The van der Waals surface area contributed by atoms with Crippen molar-refractivity contribution in [2.75, 3.05) is 14.1 Å². The molecule has 7 heteroatoms. The van der Waals surface area contributed by atoms with E-state index in [-0.39, 0.29) is 24.0 Å². The second kappa shape index (κ2) is 11.1. The highest BCUT2D eigenvalue weighted by atomic mass is 127. The van der Waals surface area contributed by atoms with Gasteiger partial charge in [0.25, 0.3) is 0 Å². The third-order valence-electron chi connectivity index (χ3n) is 4.28. The van der Waals surface area contributed by atoms with Gasteiger partial charge in [-0.3, -0.25) is 4.99 Å². The highest BCUT2D eigenvalue weighted by Gasteiger charge is 2.07. The van der Waals surface area contributed by atoms with Gasteiger partial charge in [0.1, 0.15) is 0 Å². The van der Waals surface area contributed by atoms with E-state index < -0.39 is 0 Å². The number of halogens is 2. The van der Waals surface area contributed by atoms with Crippen LogP contribution in [0.2, 0.25) is 5.02 Å². The number of hydrogen-bond donors (Lipinski definition) is 1. The molecule has 0 aliphatic rings. The van der Waals surface area contributed by atoms with Gasteiger partial charge in [0.15, 0.2) is 5.96 Å². The van der Waals surface area contributed by atoms with Gasteiger partial charge in [0, 0.05) is 51.1 Å². The van der Waals surface area contributed by atoms with E-state index >= 15 is 0 Å². The largest absolute Gasteiger partial charge is 0.352 e. The number of hydrogen-bond acceptors (Lipinski definition) is 2. The van der Waals surface area contributed by atoms with Crippen molar-refractivity contribution < 1.29 is 0 Å². The molecule has 3 aromatic rings. The fourth-order valence-electron chi connectivity index (χ4n) is 2.90. The lowest BCUT2D eigenvalue weighted by Gasteiger charge is -2.22. The van der Waals surface area contributed by atoms with E-state index in [0.29, 0.717) is 0 Å². The molecule has 0 radical (unpaired) electrons. The van der Waals surface area contributed by atoms with E-state index in [4.69, 9.17) is 11.6 Å². The van der Waals surface area contributed by atoms with Gasteiger partial charge in [-0.2, -0.15) is 0 Å². The lowest BCUT2D eigenvalue weighted by atomic mass is 10.1. The number of benzene rings is 2. The molecule has 1 aromatic heterocycles. The first-order valence-electron chi connectivity index (χ1n) is 8.84. The minimum Gasteiger partial charge on any atom is -0.352 e. The Balaban J connectivity index is 0.00000280. The van der Waals surface area contributed by atoms with Crippen LogP contribution in [-0.2, 0) is 19.6 Å². The van der Waals surface area contributed by atoms with Crippen LogP contribution in [0.5, 0.6) is 0 Å². The van der Waals surface area contributed by atoms with Gasteiger partial charge in [-0.15, -0.1) is 24.0 Å². The Labute approximate surface area is 188 Å². The molecule has 0 unspecified atom stereocenters. The number of imidazole rings is 1. The number of nitrogens with zero attached hydrogens (tertiary/aromatic N) is 4. The molecule has 1 N–H and O–H groups in total. The van der Waals surface area contributed by atoms with E-state index in [2.05, 4.69) is 55.1 Å². The molecule has 0 fully saturated rings. The molecule has 1 heterocycles. The Bertz CT molecular complexity index is 878. The van der Waals surface area contributed by atoms with Gasteiger partial charge in [0.05, 0.1) is 6.33 Å². The highest BCUT2D eigenvalue weighted by molar-refractivity contribution is 14.0. The third kappa shape index (κ3) is 6.53. The van der Waals surface area contributed by atoms with E-state index in [1.807, 2.05) is 37.8 Å². The zero-order valence-electron chi connectivity index (χ0n) is 16.0. The smallest absolute Gasteiger partial charge is 0.193 e. The summed E-state index contributed by atoms with van der Waals surface area (Å²) in [5.41, 5.74) is 3.61. The van der Waals surface area contributed by atoms with Crippen molar-refractivity contribution in [3.05, 3.63) is 89.0 Å². The summed E-state index contributed by atoms with van der Waals surface area (Å²) in [6.07, 6.45) is 5.59. The van der Waals surface area contributed by atoms with Crippen LogP contribution in [0.4, 0.5) is 0 Å². The van der Waals surface area contributed by atoms with E-state index in [0.717, 1.165) is 36.2 Å². The molecule has 0 spiro atoms. The first-order valence-corrected chi connectivity index (χ1v) is 9.21. The molecule has 2 aromatic carbocycles. The van der Waals surface area contributed by atoms with Gasteiger partial charge >= 0.3 is 0 Å². The summed E-state index contributed by atoms with van der Waals surface area (Å²) in [5, 5.41) is 4.16. The SMILES string of the molecule is CN=C(NCc1ccc(Cn2ccnc2)cc1)N(C)Cc1cccc(Cl)c1.I. The number of aliphatic imine (C=N–C) groups is 1. The van der Waals surface area contributed by atoms with E-state index in [1.54, 1.807) is 13.2 Å². The average molecular weight is 510 g/mol. The molecule has 0 amide bonds. The first-order chi connectivity index (χ1) is 13.1. The van der Waals surface area contributed by atoms with Crippen molar-refractivity contribution in [2.24, 2.45) is 4.99 Å². The number of guanidine groups is 1. The van der Waals surface area contributed by atoms with Gasteiger partial charge in [-0.25, -0.2) is 4.98 Å². The minimum atomic E-state index is 0. The number of rotatable bonds is 6. The molecular formula is C21H25ClIN5. The molecule has 0 aliphatic carbocycles. The molecule has 5 nitrogen and oxygen atoms in total. The predicted octanol–water partition coefficient (Wildman–Crippen LogP) is 4.41. The maximum absolute atomic E-state index is 6.07. The van der Waals surface area contributed by atoms with Crippen LogP contribution in [0.1, 0.15) is 16.7 Å². The molecular weight excluding hydrogens is 485 g/mol. The van der Waals surface area contributed by atoms with Gasteiger partial charge in [-0.1, -0.05) is 48.0 Å². The number of nitrogens with one attached hydrogen (secondary N) is 1. The van der Waals surface area contributed by atoms with Crippen LogP contribution < -0.4 is 5.32 Å². The van der Waals surface area contributed by atoms with Crippen molar-refractivity contribution in [2.45, 2.75) is 19.6 Å². The van der Waals surface area contributed by atoms with Crippen LogP contribution in [0.15, 0.2) is 72.2 Å². The second-order valence-electron chi connectivity index (χ2n) is 6.44. The standard InChI is InChI=1S/C21H24ClN5.HI/c1-23-21(26(2)14-19-4-3-5-20(22)12-19)25-13-17-6-8-18(9-7-17)15-27-11-10-24-16-27;/h3-12,16H,13-15H2,1-2H3,(H,23,25);1H. The van der Waals surface area contributed by atoms with E-state index in [1.165, 1.54) is 11.1 Å². The second-order valence-corrected chi connectivity index (χ2v) is 6.87. The van der Waals surface area contributed by atoms with Crippen molar-refractivity contribution in [1.29, 1.82) is 0 Å². The van der Waals surface area contributed by atoms with Crippen molar-refractivity contribution in [1.82, 2.24) is 19.8 Å². The molecule has 0 atom stereocenters. The fourth-order valence-corrected chi connectivity index (χ4v) is 3.12. The monoisotopic (exact) mass is 509 g/mol. The quantitative estimate of drug-likeness (QED) is 0.304. The van der Waals surface area contributed by atoms with Gasteiger partial charge in [-0.05, 0) is 28.8 Å². The first kappa shape index (κ1) is 22.2. The Morgan fingerprint density at radius 1 is 1.14 bits per heavy atom. The summed E-state index contributed by atoms with van der Waals surface area (Å²) >= 11 is 6.07. The summed E-state index contributed by atoms with van der Waals surface area (Å²) in [5.74, 6) is 0.845. The molecule has 148 valence electrons. The summed E-state index contributed by atoms with van der Waals surface area (Å²) in [7, 11) is 3.81. The van der Waals surface area contributed by atoms with Crippen molar-refractivity contribution in [3.8, 4) is 0 Å². The zero-order valence-corrected chi connectivity index (χ0v) is 19.1. The molecule has 0 saturated heterocycles. The lowest BCUT2D eigenvalue weighted by molar-refractivity contribution is 0.476. The van der Waals surface area contributed by atoms with Crippen molar-refractivity contribution in [3.63, 3.8) is 0 Å². The Morgan fingerprint density at radius 2 is 1.89 bits per heavy atom. The van der Waals surface area contributed by atoms with Gasteiger partial charge < -0.3 is 14.8 Å². The van der Waals surface area contributed by atoms with Crippen LogP contribution in [0.25, 0.3) is 0 Å². The van der Waals surface area contributed by atoms with Crippen molar-refractivity contribution >= 4 is 41.5 Å². The van der Waals surface area contributed by atoms with Crippen LogP contribution in [-0.4, -0.2) is 34.5 Å². The zero-order chi connectivity index (χ0) is 19.1. The lowest BCUT2D eigenvalue weighted by Crippen LogP contribution is -2.38. The minimum absolute atomic E-state index is 0. The summed E-state index contributed by atoms with van der Waals surface area (Å²) in [4.78, 5) is 10.5. The predicted molar refractivity (Wildman–Crippen MR) is 126 cm³/mol. The Morgan fingerprint density at radius 3 is 2.54 bits per heavy atom. The van der Waals surface area contributed by atoms with Crippen LogP contribution in [0, 0.1) is 0 Å². The third-order valence-corrected chi connectivity index (χ3v) is 4.52. The fraction of sp³-hybridized carbons (Fsp3) is 0.238. The summed E-state index contributed by atoms with van der Waals surface area (Å²) in [6, 6.07) is 16.5. The maximum atomic E-state index is 6.07. The van der Waals surface area contributed by atoms with Gasteiger partial charge in [0.2, 0.25) is 0 Å². The highest BCUT2D eigenvalue weighted by Crippen LogP contribution is 2.12. The average Bonchev–Trinajstić information content (AvgIpc) is 3.16. The normalized spacial score (nSPS) is 11.0. The number of aromatic nitrogens is 2. The molecule has 0 aliphatic heterocycles. The summed E-state index contributed by atoms with van der Waals surface area (Å²) in [6.45, 7) is 2.29. The van der Waals surface area contributed by atoms with E-state index in [9.17, 15) is 0 Å². The Kier molecular flexibility index (Phi) is 8.79. The Hall–Kier alpha value is -2.06. The maximum Gasteiger partial charge on any atom is 0.193 e. The van der Waals surface area contributed by atoms with Crippen LogP contribution >= 0.6 is 35.6 Å².